The Morgan fingerprint density at radius 1 is 1.56 bits per heavy atom. The number of rotatable bonds is 4. The molecular formula is C11H16N4S. The largest absolute Gasteiger partial charge is 0.304 e. The molecule has 0 aromatic carbocycles. The van der Waals surface area contributed by atoms with Crippen LogP contribution in [0.4, 0.5) is 0 Å². The minimum absolute atomic E-state index is 0.328. The summed E-state index contributed by atoms with van der Waals surface area (Å²) in [6.45, 7) is 4.98. The van der Waals surface area contributed by atoms with Gasteiger partial charge in [0.15, 0.2) is 0 Å². The number of aryl methyl sites for hydroxylation is 2. The number of nitrogens with zero attached hydrogens (tertiary/aromatic N) is 3. The minimum atomic E-state index is 0.328. The lowest BCUT2D eigenvalue weighted by atomic mass is 10.2. The van der Waals surface area contributed by atoms with E-state index in [2.05, 4.69) is 33.2 Å². The van der Waals surface area contributed by atoms with Crippen molar-refractivity contribution >= 4 is 11.5 Å². The summed E-state index contributed by atoms with van der Waals surface area (Å²) in [6.07, 6.45) is 1.91. The maximum Gasteiger partial charge on any atom is 0.0597 e. The molecule has 1 N–H and O–H groups in total. The smallest absolute Gasteiger partial charge is 0.0597 e. The molecule has 16 heavy (non-hydrogen) atoms. The summed E-state index contributed by atoms with van der Waals surface area (Å²) < 4.78 is 6.02. The predicted molar refractivity (Wildman–Crippen MR) is 65.3 cm³/mol. The van der Waals surface area contributed by atoms with Crippen molar-refractivity contribution in [2.24, 2.45) is 7.05 Å². The van der Waals surface area contributed by atoms with E-state index in [1.807, 2.05) is 24.9 Å². The third-order valence-electron chi connectivity index (χ3n) is 2.64. The van der Waals surface area contributed by atoms with Crippen molar-refractivity contribution in [2.45, 2.75) is 26.4 Å². The van der Waals surface area contributed by atoms with E-state index >= 15 is 0 Å². The molecule has 0 amide bonds. The molecular weight excluding hydrogens is 220 g/mol. The second-order valence-corrected chi connectivity index (χ2v) is 4.62. The van der Waals surface area contributed by atoms with Gasteiger partial charge in [-0.25, -0.2) is 4.37 Å². The average molecular weight is 236 g/mol. The first kappa shape index (κ1) is 11.3. The molecule has 5 heteroatoms. The van der Waals surface area contributed by atoms with E-state index in [9.17, 15) is 0 Å². The van der Waals surface area contributed by atoms with Gasteiger partial charge in [0, 0.05) is 31.2 Å². The molecule has 2 aromatic rings. The van der Waals surface area contributed by atoms with Gasteiger partial charge in [0.05, 0.1) is 11.4 Å². The van der Waals surface area contributed by atoms with E-state index in [0.29, 0.717) is 6.04 Å². The van der Waals surface area contributed by atoms with Gasteiger partial charge in [-0.1, -0.05) is 0 Å². The summed E-state index contributed by atoms with van der Waals surface area (Å²) in [5, 5.41) is 9.85. The zero-order valence-electron chi connectivity index (χ0n) is 9.77. The Bertz CT molecular complexity index is 447. The molecule has 0 aliphatic heterocycles. The van der Waals surface area contributed by atoms with Gasteiger partial charge in [-0.05, 0) is 37.0 Å². The summed E-state index contributed by atoms with van der Waals surface area (Å²) in [5.41, 5.74) is 3.50. The highest BCUT2D eigenvalue weighted by Gasteiger charge is 2.07. The van der Waals surface area contributed by atoms with Crippen LogP contribution in [0.1, 0.15) is 29.9 Å². The SMILES string of the molecule is Cc1cc(CNC(C)c2cnsc2)n(C)n1. The molecule has 0 aliphatic rings. The van der Waals surface area contributed by atoms with Gasteiger partial charge < -0.3 is 5.32 Å². The second kappa shape index (κ2) is 4.76. The van der Waals surface area contributed by atoms with E-state index < -0.39 is 0 Å². The zero-order chi connectivity index (χ0) is 11.5. The molecule has 0 saturated carbocycles. The fraction of sp³-hybridized carbons (Fsp3) is 0.455. The van der Waals surface area contributed by atoms with E-state index in [-0.39, 0.29) is 0 Å². The monoisotopic (exact) mass is 236 g/mol. The van der Waals surface area contributed by atoms with Gasteiger partial charge in [-0.3, -0.25) is 4.68 Å². The van der Waals surface area contributed by atoms with Crippen LogP contribution in [0.5, 0.6) is 0 Å². The van der Waals surface area contributed by atoms with Crippen LogP contribution in [0.2, 0.25) is 0 Å². The first-order valence-corrected chi connectivity index (χ1v) is 6.12. The van der Waals surface area contributed by atoms with Crippen LogP contribution in [-0.4, -0.2) is 14.2 Å². The molecule has 0 aliphatic carbocycles. The van der Waals surface area contributed by atoms with Crippen LogP contribution in [0, 0.1) is 6.92 Å². The van der Waals surface area contributed by atoms with Crippen molar-refractivity contribution in [1.29, 1.82) is 0 Å². The Labute approximate surface area is 99.5 Å². The maximum atomic E-state index is 4.32. The van der Waals surface area contributed by atoms with Crippen LogP contribution >= 0.6 is 11.5 Å². The van der Waals surface area contributed by atoms with Crippen molar-refractivity contribution in [3.05, 3.63) is 34.6 Å². The summed E-state index contributed by atoms with van der Waals surface area (Å²) in [7, 11) is 1.97. The number of hydrogen-bond acceptors (Lipinski definition) is 4. The fourth-order valence-corrected chi connectivity index (χ4v) is 2.26. The highest BCUT2D eigenvalue weighted by molar-refractivity contribution is 7.03. The Balaban J connectivity index is 1.95. The third-order valence-corrected chi connectivity index (χ3v) is 3.24. The second-order valence-electron chi connectivity index (χ2n) is 3.96. The zero-order valence-corrected chi connectivity index (χ0v) is 10.6. The van der Waals surface area contributed by atoms with E-state index in [1.54, 1.807) is 0 Å². The molecule has 1 atom stereocenters. The van der Waals surface area contributed by atoms with Crippen molar-refractivity contribution in [3.8, 4) is 0 Å². The molecule has 86 valence electrons. The Hall–Kier alpha value is -1.20. The van der Waals surface area contributed by atoms with E-state index in [4.69, 9.17) is 0 Å². The maximum absolute atomic E-state index is 4.32. The first-order valence-electron chi connectivity index (χ1n) is 5.29. The highest BCUT2D eigenvalue weighted by Crippen LogP contribution is 2.14. The number of nitrogens with one attached hydrogen (secondary N) is 1. The van der Waals surface area contributed by atoms with Gasteiger partial charge in [0.25, 0.3) is 0 Å². The number of hydrogen-bond donors (Lipinski definition) is 1. The summed E-state index contributed by atoms with van der Waals surface area (Å²) in [4.78, 5) is 0. The molecule has 0 spiro atoms. The van der Waals surface area contributed by atoms with Crippen molar-refractivity contribution in [1.82, 2.24) is 19.5 Å². The van der Waals surface area contributed by atoms with Crippen LogP contribution in [0.15, 0.2) is 17.6 Å². The molecule has 2 heterocycles. The van der Waals surface area contributed by atoms with Gasteiger partial charge in [-0.15, -0.1) is 0 Å². The molecule has 1 unspecified atom stereocenters. The van der Waals surface area contributed by atoms with Gasteiger partial charge in [0.2, 0.25) is 0 Å². The molecule has 0 bridgehead atoms. The molecule has 4 nitrogen and oxygen atoms in total. The average Bonchev–Trinajstić information content (AvgIpc) is 2.84. The lowest BCUT2D eigenvalue weighted by molar-refractivity contribution is 0.548. The molecule has 0 radical (unpaired) electrons. The van der Waals surface area contributed by atoms with Crippen LogP contribution in [0.25, 0.3) is 0 Å². The normalized spacial score (nSPS) is 12.9. The molecule has 0 saturated heterocycles. The van der Waals surface area contributed by atoms with Gasteiger partial charge in [-0.2, -0.15) is 5.10 Å². The van der Waals surface area contributed by atoms with Crippen molar-refractivity contribution < 1.29 is 0 Å². The highest BCUT2D eigenvalue weighted by atomic mass is 32.1. The predicted octanol–water partition coefficient (Wildman–Crippen LogP) is 2.04. The van der Waals surface area contributed by atoms with E-state index in [1.165, 1.54) is 22.8 Å². The number of aromatic nitrogens is 3. The van der Waals surface area contributed by atoms with Crippen molar-refractivity contribution in [2.75, 3.05) is 0 Å². The van der Waals surface area contributed by atoms with E-state index in [0.717, 1.165) is 12.2 Å². The summed E-state index contributed by atoms with van der Waals surface area (Å²) in [6, 6.07) is 2.43. The minimum Gasteiger partial charge on any atom is -0.304 e. The first-order chi connectivity index (χ1) is 7.66. The quantitative estimate of drug-likeness (QED) is 0.883. The van der Waals surface area contributed by atoms with Crippen molar-refractivity contribution in [3.63, 3.8) is 0 Å². The Morgan fingerprint density at radius 3 is 2.94 bits per heavy atom. The Kier molecular flexibility index (Phi) is 3.36. The Morgan fingerprint density at radius 2 is 2.38 bits per heavy atom. The van der Waals surface area contributed by atoms with Crippen LogP contribution < -0.4 is 5.32 Å². The van der Waals surface area contributed by atoms with Gasteiger partial charge in [0.1, 0.15) is 0 Å². The standard InChI is InChI=1S/C11H16N4S/c1-8-4-11(15(3)14-8)6-12-9(2)10-5-13-16-7-10/h4-5,7,9,12H,6H2,1-3H3. The molecule has 0 fully saturated rings. The lowest BCUT2D eigenvalue weighted by Gasteiger charge is -2.11. The van der Waals surface area contributed by atoms with Gasteiger partial charge >= 0.3 is 0 Å². The molecule has 2 aromatic heterocycles. The van der Waals surface area contributed by atoms with Crippen LogP contribution in [-0.2, 0) is 13.6 Å². The molecule has 2 rings (SSSR count). The summed E-state index contributed by atoms with van der Waals surface area (Å²) >= 11 is 1.49. The fourth-order valence-electron chi connectivity index (χ4n) is 1.63. The third kappa shape index (κ3) is 2.48. The summed E-state index contributed by atoms with van der Waals surface area (Å²) in [5.74, 6) is 0. The van der Waals surface area contributed by atoms with Crippen LogP contribution in [0.3, 0.4) is 0 Å². The lowest BCUT2D eigenvalue weighted by Crippen LogP contribution is -2.19. The topological polar surface area (TPSA) is 42.7 Å².